The van der Waals surface area contributed by atoms with E-state index in [-0.39, 0.29) is 16.9 Å². The minimum Gasteiger partial charge on any atom is -0.321 e. The summed E-state index contributed by atoms with van der Waals surface area (Å²) in [6.07, 6.45) is 5.44. The number of thioether (sulfide) groups is 1. The number of hydrogen-bond donors (Lipinski definition) is 2. The third-order valence-corrected chi connectivity index (χ3v) is 9.67. The minimum absolute atomic E-state index is 0.00699. The Labute approximate surface area is 276 Å². The molecule has 9 heteroatoms. The molecule has 0 radical (unpaired) electrons. The number of amides is 3. The van der Waals surface area contributed by atoms with Crippen molar-refractivity contribution in [3.8, 4) is 0 Å². The number of rotatable bonds is 9. The SMILES string of the molecule is CCC(Sc1cccc(NC(=O)/C(=C\c2cccnc2)NC(=O)c2ccccc2)c1)C(=O)N1c2ccccc2Sc2ccccc21. The van der Waals surface area contributed by atoms with E-state index in [2.05, 4.69) is 15.6 Å². The van der Waals surface area contributed by atoms with Gasteiger partial charge in [-0.2, -0.15) is 0 Å². The van der Waals surface area contributed by atoms with Crippen LogP contribution in [0.2, 0.25) is 0 Å². The topological polar surface area (TPSA) is 91.4 Å². The molecule has 228 valence electrons. The van der Waals surface area contributed by atoms with Crippen molar-refractivity contribution < 1.29 is 14.4 Å². The number of benzene rings is 4. The van der Waals surface area contributed by atoms with E-state index < -0.39 is 11.8 Å². The number of carbonyl (C=O) groups is 3. The number of aromatic nitrogens is 1. The van der Waals surface area contributed by atoms with Gasteiger partial charge < -0.3 is 10.6 Å². The Morgan fingerprint density at radius 2 is 1.54 bits per heavy atom. The number of pyridine rings is 1. The number of carbonyl (C=O) groups excluding carboxylic acids is 3. The Bertz CT molecular complexity index is 1870. The third-order valence-electron chi connectivity index (χ3n) is 7.19. The molecule has 0 saturated heterocycles. The lowest BCUT2D eigenvalue weighted by molar-refractivity contribution is -0.117. The van der Waals surface area contributed by atoms with Crippen molar-refractivity contribution in [1.82, 2.24) is 10.3 Å². The summed E-state index contributed by atoms with van der Waals surface area (Å²) < 4.78 is 0. The summed E-state index contributed by atoms with van der Waals surface area (Å²) in [6, 6.07) is 35.6. The van der Waals surface area contributed by atoms with Crippen LogP contribution in [0.4, 0.5) is 17.1 Å². The molecule has 6 rings (SSSR count). The summed E-state index contributed by atoms with van der Waals surface area (Å²) >= 11 is 3.12. The van der Waals surface area contributed by atoms with Gasteiger partial charge in [0.05, 0.1) is 16.6 Å². The highest BCUT2D eigenvalue weighted by Gasteiger charge is 2.32. The maximum atomic E-state index is 14.2. The maximum Gasteiger partial charge on any atom is 0.272 e. The fourth-order valence-electron chi connectivity index (χ4n) is 4.97. The molecule has 7 nitrogen and oxygen atoms in total. The molecule has 1 unspecified atom stereocenters. The Morgan fingerprint density at radius 3 is 2.22 bits per heavy atom. The van der Waals surface area contributed by atoms with Crippen LogP contribution in [0.1, 0.15) is 29.3 Å². The molecule has 1 aliphatic rings. The van der Waals surface area contributed by atoms with E-state index in [0.29, 0.717) is 23.2 Å². The van der Waals surface area contributed by atoms with Gasteiger partial charge in [0.1, 0.15) is 5.70 Å². The van der Waals surface area contributed by atoms with Gasteiger partial charge in [-0.1, -0.05) is 73.3 Å². The van der Waals surface area contributed by atoms with Gasteiger partial charge in [0, 0.05) is 38.3 Å². The molecular weight excluding hydrogens is 613 g/mol. The van der Waals surface area contributed by atoms with Gasteiger partial charge in [0.25, 0.3) is 11.8 Å². The zero-order valence-electron chi connectivity index (χ0n) is 24.9. The number of para-hydroxylation sites is 2. The number of hydrogen-bond acceptors (Lipinski definition) is 6. The van der Waals surface area contributed by atoms with Crippen LogP contribution in [-0.2, 0) is 9.59 Å². The predicted molar refractivity (Wildman–Crippen MR) is 185 cm³/mol. The summed E-state index contributed by atoms with van der Waals surface area (Å²) in [4.78, 5) is 49.5. The molecule has 4 aromatic carbocycles. The first-order valence-corrected chi connectivity index (χ1v) is 16.5. The largest absolute Gasteiger partial charge is 0.321 e. The van der Waals surface area contributed by atoms with Crippen LogP contribution >= 0.6 is 23.5 Å². The average molecular weight is 643 g/mol. The molecule has 3 amide bonds. The summed E-state index contributed by atoms with van der Waals surface area (Å²) in [6.45, 7) is 2.00. The van der Waals surface area contributed by atoms with E-state index in [0.717, 1.165) is 26.1 Å². The van der Waals surface area contributed by atoms with Crippen LogP contribution in [0.5, 0.6) is 0 Å². The van der Waals surface area contributed by atoms with Crippen LogP contribution < -0.4 is 15.5 Å². The number of anilines is 3. The van der Waals surface area contributed by atoms with E-state index in [9.17, 15) is 14.4 Å². The summed E-state index contributed by atoms with van der Waals surface area (Å²) in [7, 11) is 0. The number of fused-ring (bicyclic) bond motifs is 2. The summed E-state index contributed by atoms with van der Waals surface area (Å²) in [5.74, 6) is -0.899. The van der Waals surface area contributed by atoms with Gasteiger partial charge in [-0.25, -0.2) is 0 Å². The molecule has 0 aliphatic carbocycles. The number of nitrogens with one attached hydrogen (secondary N) is 2. The molecule has 1 aliphatic heterocycles. The van der Waals surface area contributed by atoms with Gasteiger partial charge >= 0.3 is 0 Å². The molecule has 0 saturated carbocycles. The smallest absolute Gasteiger partial charge is 0.272 e. The first-order chi connectivity index (χ1) is 22.5. The Balaban J connectivity index is 1.22. The lowest BCUT2D eigenvalue weighted by atomic mass is 10.2. The normalized spacial score (nSPS) is 12.8. The summed E-state index contributed by atoms with van der Waals surface area (Å²) in [5, 5.41) is 5.29. The van der Waals surface area contributed by atoms with E-state index in [4.69, 9.17) is 0 Å². The highest BCUT2D eigenvalue weighted by atomic mass is 32.2. The van der Waals surface area contributed by atoms with Crippen LogP contribution in [0.15, 0.2) is 148 Å². The van der Waals surface area contributed by atoms with E-state index >= 15 is 0 Å². The molecule has 46 heavy (non-hydrogen) atoms. The number of nitrogens with zero attached hydrogens (tertiary/aromatic N) is 2. The second kappa shape index (κ2) is 14.3. The molecule has 1 atom stereocenters. The molecule has 1 aromatic heterocycles. The van der Waals surface area contributed by atoms with Crippen LogP contribution in [0, 0.1) is 0 Å². The molecular formula is C37H30N4O3S2. The second-order valence-electron chi connectivity index (χ2n) is 10.4. The highest BCUT2D eigenvalue weighted by Crippen LogP contribution is 2.48. The van der Waals surface area contributed by atoms with E-state index in [1.54, 1.807) is 72.7 Å². The van der Waals surface area contributed by atoms with Crippen LogP contribution in [0.3, 0.4) is 0 Å². The zero-order chi connectivity index (χ0) is 31.9. The fraction of sp³-hybridized carbons (Fsp3) is 0.0811. The van der Waals surface area contributed by atoms with Gasteiger partial charge in [-0.05, 0) is 78.7 Å². The molecule has 2 heterocycles. The first-order valence-electron chi connectivity index (χ1n) is 14.8. The van der Waals surface area contributed by atoms with E-state index in [1.807, 2.05) is 84.6 Å². The van der Waals surface area contributed by atoms with Gasteiger partial charge in [-0.15, -0.1) is 11.8 Å². The van der Waals surface area contributed by atoms with Crippen molar-refractivity contribution in [2.75, 3.05) is 10.2 Å². The standard InChI is InChI=1S/C37H30N4O3S2/c1-2-32(37(44)41-30-17-6-8-19-33(30)46-34-20-9-7-18-31(34)41)45-28-16-10-15-27(23-28)39-36(43)29(22-25-12-11-21-38-24-25)40-35(42)26-13-4-3-5-14-26/h3-24,32H,2H2,1H3,(H,39,43)(H,40,42)/b29-22+. The van der Waals surface area contributed by atoms with Crippen molar-refractivity contribution in [3.63, 3.8) is 0 Å². The second-order valence-corrected chi connectivity index (χ2v) is 12.7. The quantitative estimate of drug-likeness (QED) is 0.124. The highest BCUT2D eigenvalue weighted by molar-refractivity contribution is 8.00. The van der Waals surface area contributed by atoms with Crippen molar-refractivity contribution in [2.45, 2.75) is 33.3 Å². The van der Waals surface area contributed by atoms with E-state index in [1.165, 1.54) is 11.8 Å². The third kappa shape index (κ3) is 7.06. The zero-order valence-corrected chi connectivity index (χ0v) is 26.6. The van der Waals surface area contributed by atoms with Crippen LogP contribution in [-0.4, -0.2) is 28.0 Å². The van der Waals surface area contributed by atoms with Crippen molar-refractivity contribution in [1.29, 1.82) is 0 Å². The van der Waals surface area contributed by atoms with Gasteiger partial charge in [0.2, 0.25) is 5.91 Å². The lowest BCUT2D eigenvalue weighted by Gasteiger charge is -2.33. The summed E-state index contributed by atoms with van der Waals surface area (Å²) in [5.41, 5.74) is 3.45. The predicted octanol–water partition coefficient (Wildman–Crippen LogP) is 8.19. The monoisotopic (exact) mass is 642 g/mol. The molecule has 0 fully saturated rings. The Hall–Kier alpha value is -5.12. The van der Waals surface area contributed by atoms with Gasteiger partial charge in [0.15, 0.2) is 0 Å². The molecule has 5 aromatic rings. The van der Waals surface area contributed by atoms with Crippen LogP contribution in [0.25, 0.3) is 6.08 Å². The van der Waals surface area contributed by atoms with Gasteiger partial charge in [-0.3, -0.25) is 24.3 Å². The minimum atomic E-state index is -0.488. The molecule has 2 N–H and O–H groups in total. The van der Waals surface area contributed by atoms with Crippen molar-refractivity contribution >= 4 is 64.4 Å². The Morgan fingerprint density at radius 1 is 0.848 bits per heavy atom. The maximum absolute atomic E-state index is 14.2. The fourth-order valence-corrected chi connectivity index (χ4v) is 7.09. The average Bonchev–Trinajstić information content (AvgIpc) is 3.10. The molecule has 0 spiro atoms. The molecule has 0 bridgehead atoms. The van der Waals surface area contributed by atoms with Crippen molar-refractivity contribution in [2.24, 2.45) is 0 Å². The lowest BCUT2D eigenvalue weighted by Crippen LogP contribution is -2.35. The Kier molecular flexibility index (Phi) is 9.62. The first kappa shape index (κ1) is 30.9. The van der Waals surface area contributed by atoms with Crippen molar-refractivity contribution in [3.05, 3.63) is 144 Å².